The van der Waals surface area contributed by atoms with Gasteiger partial charge in [0.1, 0.15) is 5.82 Å². The largest absolute Gasteiger partial charge is 0.324 e. The van der Waals surface area contributed by atoms with Crippen LogP contribution in [-0.2, 0) is 5.88 Å². The zero-order valence-electron chi connectivity index (χ0n) is 9.50. The number of halogens is 2. The van der Waals surface area contributed by atoms with Crippen molar-refractivity contribution in [2.45, 2.75) is 37.6 Å². The predicted octanol–water partition coefficient (Wildman–Crippen LogP) is 4.65. The molecule has 2 aromatic rings. The Morgan fingerprint density at radius 1 is 1.35 bits per heavy atom. The van der Waals surface area contributed by atoms with E-state index in [1.54, 1.807) is 0 Å². The third kappa shape index (κ3) is 2.00. The van der Waals surface area contributed by atoms with E-state index in [1.165, 1.54) is 31.2 Å². The number of nitrogens with zero attached hydrogens (tertiary/aromatic N) is 2. The normalized spacial score (nSPS) is 17.1. The van der Waals surface area contributed by atoms with Crippen molar-refractivity contribution >= 4 is 38.6 Å². The molecular weight excluding hydrogens is 300 g/mol. The first kappa shape index (κ1) is 11.5. The van der Waals surface area contributed by atoms with Crippen LogP contribution in [0.25, 0.3) is 11.0 Å². The molecule has 0 unspecified atom stereocenters. The fourth-order valence-electron chi connectivity index (χ4n) is 2.79. The molecule has 1 fully saturated rings. The number of hydrogen-bond acceptors (Lipinski definition) is 1. The molecule has 0 bridgehead atoms. The molecule has 0 amide bonds. The summed E-state index contributed by atoms with van der Waals surface area (Å²) in [7, 11) is 0. The monoisotopic (exact) mass is 312 g/mol. The lowest BCUT2D eigenvalue weighted by atomic mass is 10.2. The minimum Gasteiger partial charge on any atom is -0.324 e. The van der Waals surface area contributed by atoms with E-state index in [9.17, 15) is 0 Å². The highest BCUT2D eigenvalue weighted by Gasteiger charge is 2.22. The molecule has 4 heteroatoms. The Morgan fingerprint density at radius 3 is 2.82 bits per heavy atom. The molecule has 0 aliphatic heterocycles. The van der Waals surface area contributed by atoms with E-state index in [0.29, 0.717) is 11.9 Å². The van der Waals surface area contributed by atoms with Crippen molar-refractivity contribution in [1.82, 2.24) is 9.55 Å². The summed E-state index contributed by atoms with van der Waals surface area (Å²) >= 11 is 9.52. The number of fused-ring (bicyclic) bond motifs is 1. The van der Waals surface area contributed by atoms with Crippen LogP contribution in [0.2, 0.25) is 0 Å². The molecule has 3 rings (SSSR count). The summed E-state index contributed by atoms with van der Waals surface area (Å²) in [6, 6.07) is 6.88. The second-order valence-electron chi connectivity index (χ2n) is 4.60. The lowest BCUT2D eigenvalue weighted by Crippen LogP contribution is -2.07. The molecule has 0 N–H and O–H groups in total. The molecule has 90 valence electrons. The molecule has 0 radical (unpaired) electrons. The van der Waals surface area contributed by atoms with Crippen LogP contribution in [0.1, 0.15) is 37.5 Å². The van der Waals surface area contributed by atoms with Gasteiger partial charge in [-0.25, -0.2) is 4.98 Å². The predicted molar refractivity (Wildman–Crippen MR) is 74.5 cm³/mol. The van der Waals surface area contributed by atoms with Crippen molar-refractivity contribution in [3.8, 4) is 0 Å². The van der Waals surface area contributed by atoms with Crippen LogP contribution in [0.4, 0.5) is 0 Å². The van der Waals surface area contributed by atoms with Gasteiger partial charge in [0.15, 0.2) is 0 Å². The van der Waals surface area contributed by atoms with E-state index >= 15 is 0 Å². The average molecular weight is 314 g/mol. The van der Waals surface area contributed by atoms with Crippen molar-refractivity contribution in [1.29, 1.82) is 0 Å². The fourth-order valence-corrected chi connectivity index (χ4v) is 3.32. The minimum atomic E-state index is 0.489. The van der Waals surface area contributed by atoms with Crippen molar-refractivity contribution in [3.63, 3.8) is 0 Å². The lowest BCUT2D eigenvalue weighted by Gasteiger charge is -2.15. The Kier molecular flexibility index (Phi) is 3.14. The van der Waals surface area contributed by atoms with Crippen LogP contribution in [0.5, 0.6) is 0 Å². The first-order valence-corrected chi connectivity index (χ1v) is 7.34. The molecule has 0 atom stereocenters. The summed E-state index contributed by atoms with van der Waals surface area (Å²) in [6.45, 7) is 0. The number of aromatic nitrogens is 2. The van der Waals surface area contributed by atoms with Crippen LogP contribution in [0, 0.1) is 0 Å². The van der Waals surface area contributed by atoms with Crippen LogP contribution >= 0.6 is 27.5 Å². The second kappa shape index (κ2) is 4.62. The molecule has 1 aliphatic carbocycles. The standard InChI is InChI=1S/C13H14BrClN2/c14-9-5-6-12-11(7-9)16-13(8-15)17(12)10-3-1-2-4-10/h5-7,10H,1-4,8H2. The number of benzene rings is 1. The van der Waals surface area contributed by atoms with Gasteiger partial charge < -0.3 is 4.57 Å². The zero-order chi connectivity index (χ0) is 11.8. The van der Waals surface area contributed by atoms with Crippen LogP contribution in [0.15, 0.2) is 22.7 Å². The molecule has 0 saturated heterocycles. The van der Waals surface area contributed by atoms with E-state index in [1.807, 2.05) is 0 Å². The SMILES string of the molecule is ClCc1nc2cc(Br)ccc2n1C1CCCC1. The summed E-state index contributed by atoms with van der Waals surface area (Å²) in [5.74, 6) is 1.50. The van der Waals surface area contributed by atoms with Gasteiger partial charge in [-0.2, -0.15) is 0 Å². The Labute approximate surface area is 114 Å². The third-order valence-electron chi connectivity index (χ3n) is 3.53. The van der Waals surface area contributed by atoms with E-state index in [2.05, 4.69) is 43.7 Å². The maximum Gasteiger partial charge on any atom is 0.125 e. The maximum absolute atomic E-state index is 6.03. The summed E-state index contributed by atoms with van der Waals surface area (Å²) in [6.07, 6.45) is 5.15. The summed E-state index contributed by atoms with van der Waals surface area (Å²) in [5, 5.41) is 0. The van der Waals surface area contributed by atoms with Crippen molar-refractivity contribution < 1.29 is 0 Å². The molecule has 1 aromatic heterocycles. The molecule has 0 spiro atoms. The first-order chi connectivity index (χ1) is 8.29. The zero-order valence-corrected chi connectivity index (χ0v) is 11.8. The smallest absolute Gasteiger partial charge is 0.125 e. The Bertz CT molecular complexity index is 544. The van der Waals surface area contributed by atoms with Crippen molar-refractivity contribution in [2.75, 3.05) is 0 Å². The third-order valence-corrected chi connectivity index (χ3v) is 4.27. The first-order valence-electron chi connectivity index (χ1n) is 6.02. The van der Waals surface area contributed by atoms with Gasteiger partial charge in [-0.3, -0.25) is 0 Å². The van der Waals surface area contributed by atoms with E-state index in [4.69, 9.17) is 11.6 Å². The van der Waals surface area contributed by atoms with Gasteiger partial charge in [-0.1, -0.05) is 28.8 Å². The topological polar surface area (TPSA) is 17.8 Å². The number of hydrogen-bond donors (Lipinski definition) is 0. The molecule has 1 saturated carbocycles. The van der Waals surface area contributed by atoms with Crippen LogP contribution < -0.4 is 0 Å². The van der Waals surface area contributed by atoms with Crippen molar-refractivity contribution in [3.05, 3.63) is 28.5 Å². The average Bonchev–Trinajstić information content (AvgIpc) is 2.93. The van der Waals surface area contributed by atoms with E-state index in [-0.39, 0.29) is 0 Å². The minimum absolute atomic E-state index is 0.489. The van der Waals surface area contributed by atoms with Crippen LogP contribution in [0.3, 0.4) is 0 Å². The number of alkyl halides is 1. The molecule has 17 heavy (non-hydrogen) atoms. The molecular formula is C13H14BrClN2. The summed E-state index contributed by atoms with van der Waals surface area (Å²) < 4.78 is 3.42. The maximum atomic E-state index is 6.03. The Hall–Kier alpha value is -0.540. The molecule has 1 heterocycles. The fraction of sp³-hybridized carbons (Fsp3) is 0.462. The lowest BCUT2D eigenvalue weighted by molar-refractivity contribution is 0.518. The molecule has 1 aromatic carbocycles. The van der Waals surface area contributed by atoms with Gasteiger partial charge >= 0.3 is 0 Å². The van der Waals surface area contributed by atoms with Gasteiger partial charge in [0.05, 0.1) is 16.9 Å². The second-order valence-corrected chi connectivity index (χ2v) is 5.79. The van der Waals surface area contributed by atoms with Gasteiger partial charge in [0.25, 0.3) is 0 Å². The van der Waals surface area contributed by atoms with Crippen molar-refractivity contribution in [2.24, 2.45) is 0 Å². The quantitative estimate of drug-likeness (QED) is 0.738. The highest BCUT2D eigenvalue weighted by Crippen LogP contribution is 2.34. The number of rotatable bonds is 2. The van der Waals surface area contributed by atoms with E-state index < -0.39 is 0 Å². The highest BCUT2D eigenvalue weighted by molar-refractivity contribution is 9.10. The van der Waals surface area contributed by atoms with Crippen LogP contribution in [-0.4, -0.2) is 9.55 Å². The van der Waals surface area contributed by atoms with E-state index in [0.717, 1.165) is 15.8 Å². The highest BCUT2D eigenvalue weighted by atomic mass is 79.9. The number of imidazole rings is 1. The van der Waals surface area contributed by atoms with Gasteiger partial charge in [-0.05, 0) is 31.0 Å². The molecule has 1 aliphatic rings. The Balaban J connectivity index is 2.19. The molecule has 2 nitrogen and oxygen atoms in total. The van der Waals surface area contributed by atoms with Gasteiger partial charge in [0.2, 0.25) is 0 Å². The summed E-state index contributed by atoms with van der Waals surface area (Å²) in [4.78, 5) is 4.64. The Morgan fingerprint density at radius 2 is 2.12 bits per heavy atom. The summed E-state index contributed by atoms with van der Waals surface area (Å²) in [5.41, 5.74) is 2.26. The van der Waals surface area contributed by atoms with Gasteiger partial charge in [-0.15, -0.1) is 11.6 Å². The van der Waals surface area contributed by atoms with Gasteiger partial charge in [0, 0.05) is 10.5 Å².